The molecule has 0 radical (unpaired) electrons. The molecular weight excluding hydrogens is 272 g/mol. The summed E-state index contributed by atoms with van der Waals surface area (Å²) in [5.74, 6) is 0.204. The van der Waals surface area contributed by atoms with E-state index in [2.05, 4.69) is 5.32 Å². The van der Waals surface area contributed by atoms with Gasteiger partial charge in [0.25, 0.3) is 0 Å². The number of hydrogen-bond donors (Lipinski definition) is 2. The molecule has 1 aromatic carbocycles. The van der Waals surface area contributed by atoms with E-state index >= 15 is 0 Å². The average Bonchev–Trinajstić information content (AvgIpc) is 2.33. The van der Waals surface area contributed by atoms with Crippen LogP contribution in [-0.4, -0.2) is 21.1 Å². The highest BCUT2D eigenvalue weighted by Crippen LogP contribution is 2.23. The van der Waals surface area contributed by atoms with E-state index in [1.54, 1.807) is 25.1 Å². The Bertz CT molecular complexity index is 465. The highest BCUT2D eigenvalue weighted by atomic mass is 35.5. The molecule has 0 heterocycles. The van der Waals surface area contributed by atoms with Crippen LogP contribution in [0.25, 0.3) is 0 Å². The van der Waals surface area contributed by atoms with E-state index in [9.17, 15) is 9.00 Å². The van der Waals surface area contributed by atoms with Crippen molar-refractivity contribution < 1.29 is 9.00 Å². The third-order valence-electron chi connectivity index (χ3n) is 2.44. The minimum absolute atomic E-state index is 0.309. The lowest BCUT2D eigenvalue weighted by atomic mass is 10.2. The molecule has 4 nitrogen and oxygen atoms in total. The van der Waals surface area contributed by atoms with E-state index in [0.29, 0.717) is 22.2 Å². The number of amides is 1. The van der Waals surface area contributed by atoms with Crippen LogP contribution in [0.15, 0.2) is 18.2 Å². The lowest BCUT2D eigenvalue weighted by Gasteiger charge is -2.13. The summed E-state index contributed by atoms with van der Waals surface area (Å²) in [4.78, 5) is 11.9. The van der Waals surface area contributed by atoms with Crippen molar-refractivity contribution in [2.24, 2.45) is 0 Å². The molecule has 0 aliphatic carbocycles. The molecule has 3 N–H and O–H groups in total. The Morgan fingerprint density at radius 2 is 2.22 bits per heavy atom. The number of nitrogens with two attached hydrogens (primary N) is 1. The Morgan fingerprint density at radius 3 is 2.83 bits per heavy atom. The molecule has 2 atom stereocenters. The quantitative estimate of drug-likeness (QED) is 0.817. The molecule has 100 valence electrons. The van der Waals surface area contributed by atoms with Crippen molar-refractivity contribution in [3.8, 4) is 0 Å². The van der Waals surface area contributed by atoms with Crippen LogP contribution in [0.2, 0.25) is 5.02 Å². The standard InChI is InChI=1S/C12H17ClN2O2S/c1-3-6-18(17)8(2)12(16)15-11-7-9(13)4-5-10(11)14/h4-5,7-8H,3,6,14H2,1-2H3,(H,15,16). The lowest BCUT2D eigenvalue weighted by molar-refractivity contribution is -0.115. The highest BCUT2D eigenvalue weighted by Gasteiger charge is 2.19. The van der Waals surface area contributed by atoms with E-state index in [1.807, 2.05) is 6.92 Å². The van der Waals surface area contributed by atoms with Gasteiger partial charge >= 0.3 is 0 Å². The van der Waals surface area contributed by atoms with E-state index in [4.69, 9.17) is 17.3 Å². The van der Waals surface area contributed by atoms with Gasteiger partial charge in [0, 0.05) is 21.6 Å². The molecule has 0 aliphatic heterocycles. The first-order valence-corrected chi connectivity index (χ1v) is 7.44. The maximum Gasteiger partial charge on any atom is 0.239 e. The van der Waals surface area contributed by atoms with Gasteiger partial charge in [-0.15, -0.1) is 0 Å². The predicted molar refractivity (Wildman–Crippen MR) is 77.3 cm³/mol. The summed E-state index contributed by atoms with van der Waals surface area (Å²) in [5.41, 5.74) is 6.61. The van der Waals surface area contributed by atoms with Crippen molar-refractivity contribution in [2.45, 2.75) is 25.5 Å². The maximum absolute atomic E-state index is 11.9. The van der Waals surface area contributed by atoms with E-state index in [1.165, 1.54) is 0 Å². The van der Waals surface area contributed by atoms with Crippen LogP contribution in [0.4, 0.5) is 11.4 Å². The topological polar surface area (TPSA) is 72.2 Å². The number of carbonyl (C=O) groups excluding carboxylic acids is 1. The second-order valence-electron chi connectivity index (χ2n) is 3.95. The molecule has 1 amide bonds. The smallest absolute Gasteiger partial charge is 0.239 e. The minimum Gasteiger partial charge on any atom is -0.397 e. The fraction of sp³-hybridized carbons (Fsp3) is 0.417. The number of halogens is 1. The summed E-state index contributed by atoms with van der Waals surface area (Å²) in [6, 6.07) is 4.83. The molecule has 2 unspecified atom stereocenters. The molecule has 6 heteroatoms. The van der Waals surface area contributed by atoms with Gasteiger partial charge in [-0.2, -0.15) is 0 Å². The van der Waals surface area contributed by atoms with Crippen LogP contribution in [0.5, 0.6) is 0 Å². The number of rotatable bonds is 5. The first-order chi connectivity index (χ1) is 8.45. The van der Waals surface area contributed by atoms with Crippen LogP contribution in [0.3, 0.4) is 0 Å². The van der Waals surface area contributed by atoms with Gasteiger partial charge in [-0.25, -0.2) is 0 Å². The fourth-order valence-electron chi connectivity index (χ4n) is 1.37. The van der Waals surface area contributed by atoms with Gasteiger partial charge in [0.15, 0.2) is 0 Å². The van der Waals surface area contributed by atoms with Gasteiger partial charge in [0.05, 0.1) is 11.4 Å². The monoisotopic (exact) mass is 288 g/mol. The molecular formula is C12H17ClN2O2S. The Kier molecular flexibility index (Phi) is 5.62. The van der Waals surface area contributed by atoms with Crippen LogP contribution >= 0.6 is 11.6 Å². The van der Waals surface area contributed by atoms with Gasteiger partial charge in [-0.3, -0.25) is 9.00 Å². The maximum atomic E-state index is 11.9. The predicted octanol–water partition coefficient (Wildman–Crippen LogP) is 2.41. The third kappa shape index (κ3) is 3.99. The van der Waals surface area contributed by atoms with Crippen LogP contribution in [0.1, 0.15) is 20.3 Å². The van der Waals surface area contributed by atoms with Gasteiger partial charge < -0.3 is 11.1 Å². The minimum atomic E-state index is -1.17. The average molecular weight is 289 g/mol. The summed E-state index contributed by atoms with van der Waals surface area (Å²) >= 11 is 5.83. The Hall–Kier alpha value is -1.07. The summed E-state index contributed by atoms with van der Waals surface area (Å²) in [5, 5.41) is 2.57. The van der Waals surface area contributed by atoms with Gasteiger partial charge in [0.2, 0.25) is 5.91 Å². The zero-order chi connectivity index (χ0) is 13.7. The molecule has 0 aromatic heterocycles. The molecule has 0 saturated carbocycles. The first-order valence-electron chi connectivity index (χ1n) is 5.68. The van der Waals surface area contributed by atoms with Crippen molar-refractivity contribution in [3.05, 3.63) is 23.2 Å². The fourth-order valence-corrected chi connectivity index (χ4v) is 2.59. The zero-order valence-electron chi connectivity index (χ0n) is 10.4. The molecule has 0 aliphatic rings. The van der Waals surface area contributed by atoms with Crippen molar-refractivity contribution >= 4 is 39.7 Å². The third-order valence-corrected chi connectivity index (χ3v) is 4.49. The summed E-state index contributed by atoms with van der Waals surface area (Å²) in [7, 11) is -1.17. The molecule has 18 heavy (non-hydrogen) atoms. The number of nitrogen functional groups attached to an aromatic ring is 1. The molecule has 0 saturated heterocycles. The first kappa shape index (κ1) is 15.0. The van der Waals surface area contributed by atoms with Crippen molar-refractivity contribution in [1.29, 1.82) is 0 Å². The Morgan fingerprint density at radius 1 is 1.56 bits per heavy atom. The SMILES string of the molecule is CCCS(=O)C(C)C(=O)Nc1cc(Cl)ccc1N. The normalized spacial score (nSPS) is 13.9. The highest BCUT2D eigenvalue weighted by molar-refractivity contribution is 7.86. The molecule has 0 bridgehead atoms. The molecule has 0 fully saturated rings. The lowest BCUT2D eigenvalue weighted by Crippen LogP contribution is -2.30. The van der Waals surface area contributed by atoms with E-state index < -0.39 is 16.0 Å². The Balaban J connectivity index is 2.75. The summed E-state index contributed by atoms with van der Waals surface area (Å²) in [6.07, 6.45) is 0.781. The number of anilines is 2. The van der Waals surface area contributed by atoms with Gasteiger partial charge in [-0.1, -0.05) is 18.5 Å². The second kappa shape index (κ2) is 6.75. The van der Waals surface area contributed by atoms with Gasteiger partial charge in [0.1, 0.15) is 5.25 Å². The van der Waals surface area contributed by atoms with E-state index in [0.717, 1.165) is 6.42 Å². The molecule has 1 rings (SSSR count). The molecule has 0 spiro atoms. The molecule has 1 aromatic rings. The summed E-state index contributed by atoms with van der Waals surface area (Å²) in [6.45, 7) is 3.57. The van der Waals surface area contributed by atoms with Crippen molar-refractivity contribution in [1.82, 2.24) is 0 Å². The van der Waals surface area contributed by atoms with E-state index in [-0.39, 0.29) is 5.91 Å². The largest absolute Gasteiger partial charge is 0.397 e. The zero-order valence-corrected chi connectivity index (χ0v) is 12.0. The number of benzene rings is 1. The van der Waals surface area contributed by atoms with Crippen molar-refractivity contribution in [3.63, 3.8) is 0 Å². The van der Waals surface area contributed by atoms with Crippen LogP contribution in [0, 0.1) is 0 Å². The summed E-state index contributed by atoms with van der Waals surface area (Å²) < 4.78 is 11.7. The second-order valence-corrected chi connectivity index (χ2v) is 6.26. The van der Waals surface area contributed by atoms with Crippen LogP contribution in [-0.2, 0) is 15.6 Å². The number of carbonyl (C=O) groups is 1. The Labute approximate surface area is 114 Å². The van der Waals surface area contributed by atoms with Crippen molar-refractivity contribution in [2.75, 3.05) is 16.8 Å². The van der Waals surface area contributed by atoms with Crippen LogP contribution < -0.4 is 11.1 Å². The van der Waals surface area contributed by atoms with Gasteiger partial charge in [-0.05, 0) is 31.5 Å². The number of hydrogen-bond acceptors (Lipinski definition) is 3. The number of nitrogens with one attached hydrogen (secondary N) is 1.